The molecule has 2 heterocycles. The van der Waals surface area contributed by atoms with Crippen molar-refractivity contribution in [3.05, 3.63) is 11.7 Å². The van der Waals surface area contributed by atoms with Crippen LogP contribution in [0, 0.1) is 5.92 Å². The van der Waals surface area contributed by atoms with Crippen LogP contribution in [-0.4, -0.2) is 41.2 Å². The van der Waals surface area contributed by atoms with Crippen LogP contribution in [-0.2, 0) is 13.0 Å². The molecule has 19 heavy (non-hydrogen) atoms. The van der Waals surface area contributed by atoms with Crippen LogP contribution in [0.5, 0.6) is 0 Å². The summed E-state index contributed by atoms with van der Waals surface area (Å²) in [7, 11) is 2.11. The van der Waals surface area contributed by atoms with Crippen molar-refractivity contribution in [1.29, 1.82) is 0 Å². The van der Waals surface area contributed by atoms with Gasteiger partial charge in [-0.05, 0) is 32.4 Å². The minimum atomic E-state index is 0.564. The Hall–Kier alpha value is -0.940. The molecular formula is C14H26N4O. The molecule has 0 bridgehead atoms. The molecule has 1 aliphatic heterocycles. The second-order valence-corrected chi connectivity index (χ2v) is 6.05. The smallest absolute Gasteiger partial charge is 0.240 e. The largest absolute Gasteiger partial charge is 0.338 e. The normalized spacial score (nSPS) is 20.4. The number of rotatable bonds is 6. The summed E-state index contributed by atoms with van der Waals surface area (Å²) < 4.78 is 5.30. The van der Waals surface area contributed by atoms with Crippen molar-refractivity contribution in [2.24, 2.45) is 5.92 Å². The zero-order valence-corrected chi connectivity index (χ0v) is 12.4. The van der Waals surface area contributed by atoms with E-state index in [2.05, 4.69) is 41.3 Å². The highest BCUT2D eigenvalue weighted by atomic mass is 16.5. The molecule has 1 aromatic heterocycles. The van der Waals surface area contributed by atoms with Crippen molar-refractivity contribution < 1.29 is 4.52 Å². The van der Waals surface area contributed by atoms with E-state index in [1.54, 1.807) is 0 Å². The molecule has 5 nitrogen and oxygen atoms in total. The van der Waals surface area contributed by atoms with Gasteiger partial charge in [0.2, 0.25) is 5.89 Å². The molecule has 1 atom stereocenters. The van der Waals surface area contributed by atoms with Crippen LogP contribution in [0.2, 0.25) is 0 Å². The Labute approximate surface area is 115 Å². The lowest BCUT2D eigenvalue weighted by Crippen LogP contribution is -2.42. The van der Waals surface area contributed by atoms with E-state index in [0.717, 1.165) is 37.8 Å². The summed E-state index contributed by atoms with van der Waals surface area (Å²) in [6, 6.07) is 0.608. The number of likely N-dealkylation sites (N-methyl/N-ethyl adjacent to an activating group) is 1. The highest BCUT2D eigenvalue weighted by Crippen LogP contribution is 2.10. The van der Waals surface area contributed by atoms with Crippen molar-refractivity contribution in [3.63, 3.8) is 0 Å². The van der Waals surface area contributed by atoms with Crippen LogP contribution in [0.3, 0.4) is 0 Å². The Morgan fingerprint density at radius 2 is 2.26 bits per heavy atom. The van der Waals surface area contributed by atoms with Crippen LogP contribution < -0.4 is 5.32 Å². The Balaban J connectivity index is 1.77. The van der Waals surface area contributed by atoms with Gasteiger partial charge in [0.15, 0.2) is 5.82 Å². The first-order valence-corrected chi connectivity index (χ1v) is 7.37. The molecule has 1 unspecified atom stereocenters. The molecular weight excluding hydrogens is 240 g/mol. The Bertz CT molecular complexity index is 371. The lowest BCUT2D eigenvalue weighted by Gasteiger charge is -2.27. The first-order chi connectivity index (χ1) is 9.13. The third-order valence-electron chi connectivity index (χ3n) is 3.45. The molecule has 1 N–H and O–H groups in total. The number of hydrogen-bond donors (Lipinski definition) is 1. The van der Waals surface area contributed by atoms with Gasteiger partial charge in [-0.3, -0.25) is 4.90 Å². The highest BCUT2D eigenvalue weighted by Gasteiger charge is 2.16. The average Bonchev–Trinajstić information content (AvgIpc) is 2.76. The van der Waals surface area contributed by atoms with E-state index in [0.29, 0.717) is 12.0 Å². The lowest BCUT2D eigenvalue weighted by atomic mass is 10.0. The fourth-order valence-corrected chi connectivity index (χ4v) is 2.55. The lowest BCUT2D eigenvalue weighted by molar-refractivity contribution is 0.227. The Morgan fingerprint density at radius 3 is 2.95 bits per heavy atom. The monoisotopic (exact) mass is 266 g/mol. The third-order valence-corrected chi connectivity index (χ3v) is 3.45. The molecule has 0 aliphatic carbocycles. The Kier molecular flexibility index (Phi) is 5.34. The molecule has 1 aliphatic rings. The molecule has 0 spiro atoms. The molecule has 1 saturated heterocycles. The van der Waals surface area contributed by atoms with Gasteiger partial charge in [-0.25, -0.2) is 0 Å². The molecule has 0 amide bonds. The van der Waals surface area contributed by atoms with Crippen molar-refractivity contribution in [2.45, 2.75) is 52.1 Å². The van der Waals surface area contributed by atoms with E-state index >= 15 is 0 Å². The maximum absolute atomic E-state index is 5.30. The van der Waals surface area contributed by atoms with E-state index < -0.39 is 0 Å². The number of piperidine rings is 1. The predicted molar refractivity (Wildman–Crippen MR) is 74.8 cm³/mol. The van der Waals surface area contributed by atoms with E-state index in [4.69, 9.17) is 4.52 Å². The van der Waals surface area contributed by atoms with E-state index in [-0.39, 0.29) is 0 Å². The molecule has 0 radical (unpaired) electrons. The topological polar surface area (TPSA) is 54.2 Å². The van der Waals surface area contributed by atoms with Crippen molar-refractivity contribution in [1.82, 2.24) is 20.4 Å². The molecule has 1 fully saturated rings. The molecule has 108 valence electrons. The maximum atomic E-state index is 5.30. The van der Waals surface area contributed by atoms with E-state index in [9.17, 15) is 0 Å². The van der Waals surface area contributed by atoms with E-state index in [1.165, 1.54) is 19.3 Å². The second kappa shape index (κ2) is 7.01. The van der Waals surface area contributed by atoms with Gasteiger partial charge in [-0.15, -0.1) is 0 Å². The van der Waals surface area contributed by atoms with Crippen molar-refractivity contribution in [2.75, 3.05) is 20.1 Å². The number of nitrogens with zero attached hydrogens (tertiary/aromatic N) is 3. The SMILES string of the molecule is CC(C)Cc1noc(CN(C)CC2CCCCN2)n1. The molecule has 0 aromatic carbocycles. The van der Waals surface area contributed by atoms with Gasteiger partial charge in [0.1, 0.15) is 0 Å². The second-order valence-electron chi connectivity index (χ2n) is 6.05. The quantitative estimate of drug-likeness (QED) is 0.851. The van der Waals surface area contributed by atoms with E-state index in [1.807, 2.05) is 0 Å². The van der Waals surface area contributed by atoms with Crippen LogP contribution in [0.1, 0.15) is 44.8 Å². The zero-order valence-electron chi connectivity index (χ0n) is 12.4. The maximum Gasteiger partial charge on any atom is 0.240 e. The predicted octanol–water partition coefficient (Wildman–Crippen LogP) is 1.84. The molecule has 2 rings (SSSR count). The number of nitrogens with one attached hydrogen (secondary N) is 1. The highest BCUT2D eigenvalue weighted by molar-refractivity contribution is 4.88. The summed E-state index contributed by atoms with van der Waals surface area (Å²) in [5.41, 5.74) is 0. The van der Waals surface area contributed by atoms with Gasteiger partial charge in [0.25, 0.3) is 0 Å². The van der Waals surface area contributed by atoms with Gasteiger partial charge >= 0.3 is 0 Å². The first-order valence-electron chi connectivity index (χ1n) is 7.37. The standard InChI is InChI=1S/C14H26N4O/c1-11(2)8-13-16-14(19-17-13)10-18(3)9-12-6-4-5-7-15-12/h11-12,15H,4-10H2,1-3H3. The van der Waals surface area contributed by atoms with Gasteiger partial charge in [0, 0.05) is 19.0 Å². The van der Waals surface area contributed by atoms with Crippen LogP contribution in [0.4, 0.5) is 0 Å². The average molecular weight is 266 g/mol. The summed E-state index contributed by atoms with van der Waals surface area (Å²) in [4.78, 5) is 6.70. The van der Waals surface area contributed by atoms with Crippen molar-refractivity contribution >= 4 is 0 Å². The summed E-state index contributed by atoms with van der Waals surface area (Å²) in [6.45, 7) is 7.26. The van der Waals surface area contributed by atoms with Crippen LogP contribution >= 0.6 is 0 Å². The fraction of sp³-hybridized carbons (Fsp3) is 0.857. The minimum Gasteiger partial charge on any atom is -0.338 e. The van der Waals surface area contributed by atoms with Crippen LogP contribution in [0.25, 0.3) is 0 Å². The minimum absolute atomic E-state index is 0.564. The van der Waals surface area contributed by atoms with Gasteiger partial charge in [-0.2, -0.15) is 4.98 Å². The Morgan fingerprint density at radius 1 is 1.42 bits per heavy atom. The van der Waals surface area contributed by atoms with Crippen LogP contribution in [0.15, 0.2) is 4.52 Å². The molecule has 1 aromatic rings. The summed E-state index contributed by atoms with van der Waals surface area (Å²) >= 11 is 0. The third kappa shape index (κ3) is 4.91. The van der Waals surface area contributed by atoms with Gasteiger partial charge < -0.3 is 9.84 Å². The molecule has 0 saturated carbocycles. The summed E-state index contributed by atoms with van der Waals surface area (Å²) in [6.07, 6.45) is 4.80. The fourth-order valence-electron chi connectivity index (χ4n) is 2.55. The molecule has 5 heteroatoms. The number of aromatic nitrogens is 2. The number of hydrogen-bond acceptors (Lipinski definition) is 5. The van der Waals surface area contributed by atoms with Crippen molar-refractivity contribution in [3.8, 4) is 0 Å². The summed E-state index contributed by atoms with van der Waals surface area (Å²) in [5.74, 6) is 2.12. The summed E-state index contributed by atoms with van der Waals surface area (Å²) in [5, 5.41) is 7.59. The van der Waals surface area contributed by atoms with Gasteiger partial charge in [0.05, 0.1) is 6.54 Å². The zero-order chi connectivity index (χ0) is 13.7. The first kappa shape index (κ1) is 14.5. The van der Waals surface area contributed by atoms with Gasteiger partial charge in [-0.1, -0.05) is 25.4 Å².